The fraction of sp³-hybridized carbons (Fsp3) is 0.412. The Kier molecular flexibility index (Phi) is 4.34. The molecule has 6 heteroatoms. The minimum atomic E-state index is -0.225. The van der Waals surface area contributed by atoms with Crippen LogP contribution in [0.25, 0.3) is 0 Å². The van der Waals surface area contributed by atoms with Crippen molar-refractivity contribution in [2.45, 2.75) is 26.9 Å². The Morgan fingerprint density at radius 2 is 2.13 bits per heavy atom. The van der Waals surface area contributed by atoms with Crippen LogP contribution in [-0.2, 0) is 4.74 Å². The molecule has 1 atom stereocenters. The molecule has 6 nitrogen and oxygen atoms in total. The van der Waals surface area contributed by atoms with Crippen molar-refractivity contribution in [3.63, 3.8) is 0 Å². The monoisotopic (exact) mass is 312 g/mol. The normalized spacial score (nSPS) is 18.0. The van der Waals surface area contributed by atoms with Gasteiger partial charge in [0.1, 0.15) is 17.6 Å². The number of amides is 1. The van der Waals surface area contributed by atoms with E-state index in [0.717, 1.165) is 17.0 Å². The van der Waals surface area contributed by atoms with Gasteiger partial charge in [-0.3, -0.25) is 9.78 Å². The number of nitrogens with zero attached hydrogens (tertiary/aromatic N) is 4. The molecule has 0 radical (unpaired) electrons. The highest BCUT2D eigenvalue weighted by Gasteiger charge is 2.28. The zero-order valence-corrected chi connectivity index (χ0v) is 13.6. The first-order valence-electron chi connectivity index (χ1n) is 7.69. The molecule has 0 bridgehead atoms. The highest BCUT2D eigenvalue weighted by atomic mass is 16.5. The minimum absolute atomic E-state index is 0.0566. The number of aryl methyl sites for hydroxylation is 3. The number of morpholine rings is 1. The molecule has 1 aliphatic rings. The summed E-state index contributed by atoms with van der Waals surface area (Å²) >= 11 is 0. The molecule has 0 spiro atoms. The quantitative estimate of drug-likeness (QED) is 0.848. The van der Waals surface area contributed by atoms with Crippen molar-refractivity contribution in [2.24, 2.45) is 0 Å². The second-order valence-electron chi connectivity index (χ2n) is 5.76. The van der Waals surface area contributed by atoms with Crippen LogP contribution in [0.4, 0.5) is 0 Å². The second kappa shape index (κ2) is 6.42. The molecule has 120 valence electrons. The highest BCUT2D eigenvalue weighted by Crippen LogP contribution is 2.22. The lowest BCUT2D eigenvalue weighted by Crippen LogP contribution is -2.43. The number of ether oxygens (including phenoxy) is 1. The van der Waals surface area contributed by atoms with Crippen LogP contribution in [0.1, 0.15) is 39.4 Å². The largest absolute Gasteiger partial charge is 0.368 e. The lowest BCUT2D eigenvalue weighted by molar-refractivity contribution is -0.0250. The Morgan fingerprint density at radius 1 is 1.30 bits per heavy atom. The van der Waals surface area contributed by atoms with Gasteiger partial charge >= 0.3 is 0 Å². The van der Waals surface area contributed by atoms with E-state index in [1.807, 2.05) is 39.0 Å². The molecule has 1 aliphatic heterocycles. The van der Waals surface area contributed by atoms with Crippen LogP contribution < -0.4 is 0 Å². The maximum Gasteiger partial charge on any atom is 0.272 e. The van der Waals surface area contributed by atoms with Gasteiger partial charge in [0.05, 0.1) is 18.8 Å². The summed E-state index contributed by atoms with van der Waals surface area (Å²) in [6, 6.07) is 5.65. The smallest absolute Gasteiger partial charge is 0.272 e. The fourth-order valence-corrected chi connectivity index (χ4v) is 2.78. The van der Waals surface area contributed by atoms with E-state index in [-0.39, 0.29) is 12.0 Å². The number of hydrogen-bond acceptors (Lipinski definition) is 5. The third-order valence-electron chi connectivity index (χ3n) is 3.88. The maximum atomic E-state index is 12.7. The molecule has 0 aliphatic carbocycles. The third kappa shape index (κ3) is 3.37. The number of pyridine rings is 1. The van der Waals surface area contributed by atoms with E-state index in [1.54, 1.807) is 11.1 Å². The molecule has 3 heterocycles. The zero-order valence-electron chi connectivity index (χ0n) is 13.6. The molecule has 0 saturated carbocycles. The summed E-state index contributed by atoms with van der Waals surface area (Å²) in [6.45, 7) is 7.22. The summed E-state index contributed by atoms with van der Waals surface area (Å²) in [5.41, 5.74) is 3.11. The van der Waals surface area contributed by atoms with Crippen LogP contribution in [0, 0.1) is 20.8 Å². The van der Waals surface area contributed by atoms with Gasteiger partial charge in [-0.25, -0.2) is 9.97 Å². The topological polar surface area (TPSA) is 68.2 Å². The van der Waals surface area contributed by atoms with E-state index in [9.17, 15) is 4.79 Å². The predicted octanol–water partition coefficient (Wildman–Crippen LogP) is 2.01. The lowest BCUT2D eigenvalue weighted by atomic mass is 10.1. The third-order valence-corrected chi connectivity index (χ3v) is 3.88. The highest BCUT2D eigenvalue weighted by molar-refractivity contribution is 5.93. The Labute approximate surface area is 135 Å². The molecular weight excluding hydrogens is 292 g/mol. The van der Waals surface area contributed by atoms with E-state index < -0.39 is 0 Å². The number of carbonyl (C=O) groups excluding carboxylic acids is 1. The van der Waals surface area contributed by atoms with Gasteiger partial charge in [0.25, 0.3) is 5.91 Å². The average Bonchev–Trinajstić information content (AvgIpc) is 2.54. The van der Waals surface area contributed by atoms with Gasteiger partial charge in [0.2, 0.25) is 0 Å². The fourth-order valence-electron chi connectivity index (χ4n) is 2.78. The zero-order chi connectivity index (χ0) is 16.4. The molecule has 2 aromatic heterocycles. The van der Waals surface area contributed by atoms with Crippen molar-refractivity contribution in [3.8, 4) is 0 Å². The first-order chi connectivity index (χ1) is 11.0. The Balaban J connectivity index is 1.81. The first-order valence-corrected chi connectivity index (χ1v) is 7.69. The minimum Gasteiger partial charge on any atom is -0.368 e. The molecule has 1 saturated heterocycles. The lowest BCUT2D eigenvalue weighted by Gasteiger charge is -2.32. The summed E-state index contributed by atoms with van der Waals surface area (Å²) in [5, 5.41) is 0. The van der Waals surface area contributed by atoms with Gasteiger partial charge in [-0.15, -0.1) is 0 Å². The van der Waals surface area contributed by atoms with Gasteiger partial charge < -0.3 is 9.64 Å². The van der Waals surface area contributed by atoms with Crippen molar-refractivity contribution in [1.82, 2.24) is 19.9 Å². The summed E-state index contributed by atoms with van der Waals surface area (Å²) in [4.78, 5) is 27.5. The van der Waals surface area contributed by atoms with Crippen LogP contribution in [0.2, 0.25) is 0 Å². The van der Waals surface area contributed by atoms with Crippen molar-refractivity contribution >= 4 is 5.91 Å². The van der Waals surface area contributed by atoms with Crippen LogP contribution in [-0.4, -0.2) is 45.5 Å². The van der Waals surface area contributed by atoms with Crippen LogP contribution in [0.5, 0.6) is 0 Å². The molecule has 3 rings (SSSR count). The predicted molar refractivity (Wildman–Crippen MR) is 85.1 cm³/mol. The van der Waals surface area contributed by atoms with E-state index in [0.29, 0.717) is 31.2 Å². The van der Waals surface area contributed by atoms with Crippen molar-refractivity contribution in [2.75, 3.05) is 19.7 Å². The Hall–Kier alpha value is -2.34. The van der Waals surface area contributed by atoms with Crippen LogP contribution in [0.15, 0.2) is 24.4 Å². The maximum absolute atomic E-state index is 12.7. The molecule has 0 unspecified atom stereocenters. The Bertz CT molecular complexity index is 712. The van der Waals surface area contributed by atoms with Gasteiger partial charge in [-0.05, 0) is 38.5 Å². The van der Waals surface area contributed by atoms with Gasteiger partial charge in [-0.2, -0.15) is 0 Å². The first kappa shape index (κ1) is 15.6. The van der Waals surface area contributed by atoms with Crippen molar-refractivity contribution in [1.29, 1.82) is 0 Å². The number of rotatable bonds is 2. The number of hydrogen-bond donors (Lipinski definition) is 0. The summed E-state index contributed by atoms with van der Waals surface area (Å²) < 4.78 is 5.82. The molecule has 0 N–H and O–H groups in total. The summed E-state index contributed by atoms with van der Waals surface area (Å²) in [6.07, 6.45) is 1.42. The molecule has 2 aromatic rings. The Morgan fingerprint density at radius 3 is 2.87 bits per heavy atom. The van der Waals surface area contributed by atoms with Gasteiger partial charge in [0.15, 0.2) is 0 Å². The molecule has 1 amide bonds. The number of aromatic nitrogens is 3. The molecular formula is C17H20N4O2. The molecule has 1 fully saturated rings. The molecule has 0 aromatic carbocycles. The van der Waals surface area contributed by atoms with E-state index >= 15 is 0 Å². The van der Waals surface area contributed by atoms with Gasteiger partial charge in [-0.1, -0.05) is 6.07 Å². The van der Waals surface area contributed by atoms with Crippen molar-refractivity contribution < 1.29 is 9.53 Å². The molecule has 23 heavy (non-hydrogen) atoms. The standard InChI is InChI=1S/C17H20N4O2/c1-11-5-4-6-18-16(11)17(22)21-7-8-23-15(10-21)14-9-12(2)19-13(3)20-14/h4-6,9,15H,7-8,10H2,1-3H3/t15-/m0/s1. The van der Waals surface area contributed by atoms with Crippen LogP contribution >= 0.6 is 0 Å². The summed E-state index contributed by atoms with van der Waals surface area (Å²) in [7, 11) is 0. The van der Waals surface area contributed by atoms with E-state index in [4.69, 9.17) is 4.74 Å². The van der Waals surface area contributed by atoms with Gasteiger partial charge in [0, 0.05) is 18.4 Å². The number of carbonyl (C=O) groups is 1. The van der Waals surface area contributed by atoms with Crippen LogP contribution in [0.3, 0.4) is 0 Å². The van der Waals surface area contributed by atoms with E-state index in [1.165, 1.54) is 0 Å². The average molecular weight is 312 g/mol. The SMILES string of the molecule is Cc1cc([C@@H]2CN(C(=O)c3ncccc3C)CCO2)nc(C)n1. The van der Waals surface area contributed by atoms with E-state index in [2.05, 4.69) is 15.0 Å². The van der Waals surface area contributed by atoms with Crippen molar-refractivity contribution in [3.05, 3.63) is 52.9 Å². The summed E-state index contributed by atoms with van der Waals surface area (Å²) in [5.74, 6) is 0.659. The second-order valence-corrected chi connectivity index (χ2v) is 5.76.